The monoisotopic (exact) mass is 272 g/mol. The molecule has 0 saturated carbocycles. The van der Waals surface area contributed by atoms with Gasteiger partial charge in [-0.2, -0.15) is 0 Å². The molecule has 20 heavy (non-hydrogen) atoms. The highest BCUT2D eigenvalue weighted by molar-refractivity contribution is 5.39. The zero-order chi connectivity index (χ0) is 14.8. The van der Waals surface area contributed by atoms with Crippen molar-refractivity contribution in [2.24, 2.45) is 5.73 Å². The second-order valence-corrected chi connectivity index (χ2v) is 6.11. The van der Waals surface area contributed by atoms with Crippen LogP contribution in [-0.4, -0.2) is 24.0 Å². The lowest BCUT2D eigenvalue weighted by molar-refractivity contribution is 0.111. The standard InChI is InChI=1S/C18H28N2/c1-5-20(6-2)17-12-11-15-9-7-8-10-16(15)18(17,19)13-14(3)4/h7-10,17H,3,5-6,11-13,19H2,1-2,4H3. The first kappa shape index (κ1) is 15.3. The van der Waals surface area contributed by atoms with Gasteiger partial charge in [-0.3, -0.25) is 4.90 Å². The number of nitrogens with two attached hydrogens (primary N) is 1. The van der Waals surface area contributed by atoms with Crippen LogP contribution in [0.3, 0.4) is 0 Å². The van der Waals surface area contributed by atoms with Crippen LogP contribution in [0, 0.1) is 0 Å². The van der Waals surface area contributed by atoms with E-state index in [9.17, 15) is 0 Å². The van der Waals surface area contributed by atoms with E-state index < -0.39 is 0 Å². The van der Waals surface area contributed by atoms with Crippen molar-refractivity contribution in [2.45, 2.75) is 51.6 Å². The molecule has 1 aromatic rings. The zero-order valence-corrected chi connectivity index (χ0v) is 13.2. The molecule has 0 heterocycles. The van der Waals surface area contributed by atoms with Crippen molar-refractivity contribution in [1.29, 1.82) is 0 Å². The molecule has 0 bridgehead atoms. The molecule has 1 aliphatic carbocycles. The molecule has 0 aromatic heterocycles. The Balaban J connectivity index is 2.47. The molecule has 0 radical (unpaired) electrons. The summed E-state index contributed by atoms with van der Waals surface area (Å²) >= 11 is 0. The van der Waals surface area contributed by atoms with Gasteiger partial charge in [0.05, 0.1) is 5.54 Å². The van der Waals surface area contributed by atoms with E-state index in [2.05, 4.69) is 56.5 Å². The van der Waals surface area contributed by atoms with Crippen molar-refractivity contribution in [2.75, 3.05) is 13.1 Å². The van der Waals surface area contributed by atoms with Crippen molar-refractivity contribution in [3.63, 3.8) is 0 Å². The third-order valence-corrected chi connectivity index (χ3v) is 4.65. The van der Waals surface area contributed by atoms with Crippen LogP contribution in [-0.2, 0) is 12.0 Å². The Morgan fingerprint density at radius 1 is 1.35 bits per heavy atom. The van der Waals surface area contributed by atoms with Crippen LogP contribution >= 0.6 is 0 Å². The second-order valence-electron chi connectivity index (χ2n) is 6.11. The van der Waals surface area contributed by atoms with E-state index in [-0.39, 0.29) is 5.54 Å². The molecule has 2 N–H and O–H groups in total. The van der Waals surface area contributed by atoms with Crippen LogP contribution in [0.4, 0.5) is 0 Å². The fourth-order valence-electron chi connectivity index (χ4n) is 3.81. The van der Waals surface area contributed by atoms with E-state index >= 15 is 0 Å². The van der Waals surface area contributed by atoms with Gasteiger partial charge in [-0.1, -0.05) is 43.7 Å². The smallest absolute Gasteiger partial charge is 0.0607 e. The minimum Gasteiger partial charge on any atom is -0.320 e. The predicted octanol–water partition coefficient (Wildman–Crippen LogP) is 3.46. The van der Waals surface area contributed by atoms with Gasteiger partial charge < -0.3 is 5.73 Å². The molecule has 2 atom stereocenters. The van der Waals surface area contributed by atoms with Crippen LogP contribution in [0.25, 0.3) is 0 Å². The van der Waals surface area contributed by atoms with E-state index in [0.29, 0.717) is 6.04 Å². The Bertz CT molecular complexity index is 476. The zero-order valence-electron chi connectivity index (χ0n) is 13.2. The highest BCUT2D eigenvalue weighted by Crippen LogP contribution is 2.40. The van der Waals surface area contributed by atoms with Crippen molar-refractivity contribution in [3.8, 4) is 0 Å². The van der Waals surface area contributed by atoms with Crippen LogP contribution in [0.1, 0.15) is 44.7 Å². The summed E-state index contributed by atoms with van der Waals surface area (Å²) in [6.07, 6.45) is 3.14. The number of likely N-dealkylation sites (N-methyl/N-ethyl adjacent to an activating group) is 1. The first-order valence-electron chi connectivity index (χ1n) is 7.78. The largest absolute Gasteiger partial charge is 0.320 e. The van der Waals surface area contributed by atoms with E-state index in [1.807, 2.05) is 0 Å². The molecule has 0 saturated heterocycles. The maximum Gasteiger partial charge on any atom is 0.0607 e. The summed E-state index contributed by atoms with van der Waals surface area (Å²) in [4.78, 5) is 2.51. The van der Waals surface area contributed by atoms with Gasteiger partial charge in [-0.25, -0.2) is 0 Å². The van der Waals surface area contributed by atoms with Gasteiger partial charge >= 0.3 is 0 Å². The summed E-state index contributed by atoms with van der Waals surface area (Å²) < 4.78 is 0. The Kier molecular flexibility index (Phi) is 4.66. The van der Waals surface area contributed by atoms with Crippen molar-refractivity contribution >= 4 is 0 Å². The van der Waals surface area contributed by atoms with E-state index in [0.717, 1.165) is 32.4 Å². The number of fused-ring (bicyclic) bond motifs is 1. The van der Waals surface area contributed by atoms with E-state index in [1.165, 1.54) is 16.7 Å². The lowest BCUT2D eigenvalue weighted by Gasteiger charge is -2.48. The van der Waals surface area contributed by atoms with Gasteiger partial charge in [0.2, 0.25) is 0 Å². The molecule has 0 aliphatic heterocycles. The summed E-state index contributed by atoms with van der Waals surface area (Å²) in [7, 11) is 0. The molecule has 2 nitrogen and oxygen atoms in total. The van der Waals surface area contributed by atoms with Crippen LogP contribution in [0.15, 0.2) is 36.4 Å². The Labute approximate surface area is 123 Å². The first-order chi connectivity index (χ1) is 9.52. The van der Waals surface area contributed by atoms with Crippen LogP contribution < -0.4 is 5.73 Å². The minimum atomic E-state index is -0.299. The van der Waals surface area contributed by atoms with Crippen molar-refractivity contribution in [3.05, 3.63) is 47.5 Å². The van der Waals surface area contributed by atoms with E-state index in [4.69, 9.17) is 5.73 Å². The molecule has 0 amide bonds. The molecule has 0 fully saturated rings. The Morgan fingerprint density at radius 3 is 2.60 bits per heavy atom. The van der Waals surface area contributed by atoms with Gasteiger partial charge in [0.25, 0.3) is 0 Å². The minimum absolute atomic E-state index is 0.299. The summed E-state index contributed by atoms with van der Waals surface area (Å²) in [6, 6.07) is 9.09. The number of hydrogen-bond acceptors (Lipinski definition) is 2. The number of benzene rings is 1. The third kappa shape index (κ3) is 2.68. The molecule has 2 unspecified atom stereocenters. The summed E-state index contributed by atoms with van der Waals surface area (Å²) in [6.45, 7) is 12.8. The number of hydrogen-bond donors (Lipinski definition) is 1. The lowest BCUT2D eigenvalue weighted by Crippen LogP contribution is -2.58. The first-order valence-corrected chi connectivity index (χ1v) is 7.78. The fraction of sp³-hybridized carbons (Fsp3) is 0.556. The SMILES string of the molecule is C=C(C)CC1(N)c2ccccc2CCC1N(CC)CC. The number of nitrogens with zero attached hydrogens (tertiary/aromatic N) is 1. The quantitative estimate of drug-likeness (QED) is 0.832. The lowest BCUT2D eigenvalue weighted by atomic mass is 9.70. The summed E-state index contributed by atoms with van der Waals surface area (Å²) in [5.74, 6) is 0. The molecule has 2 heteroatoms. The molecule has 2 rings (SSSR count). The van der Waals surface area contributed by atoms with Crippen molar-refractivity contribution in [1.82, 2.24) is 4.90 Å². The van der Waals surface area contributed by atoms with Crippen LogP contribution in [0.2, 0.25) is 0 Å². The number of aryl methyl sites for hydroxylation is 1. The van der Waals surface area contributed by atoms with Gasteiger partial charge in [-0.05, 0) is 50.4 Å². The summed E-state index contributed by atoms with van der Waals surface area (Å²) in [5.41, 5.74) is 10.6. The molecule has 1 aliphatic rings. The maximum absolute atomic E-state index is 6.97. The number of rotatable bonds is 5. The fourth-order valence-corrected chi connectivity index (χ4v) is 3.81. The van der Waals surface area contributed by atoms with E-state index in [1.54, 1.807) is 0 Å². The Hall–Kier alpha value is -1.12. The van der Waals surface area contributed by atoms with Gasteiger partial charge in [0.15, 0.2) is 0 Å². The highest BCUT2D eigenvalue weighted by atomic mass is 15.2. The Morgan fingerprint density at radius 2 is 2.00 bits per heavy atom. The molecule has 110 valence electrons. The molecular weight excluding hydrogens is 244 g/mol. The second kappa shape index (κ2) is 6.11. The van der Waals surface area contributed by atoms with Gasteiger partial charge in [-0.15, -0.1) is 6.58 Å². The summed E-state index contributed by atoms with van der Waals surface area (Å²) in [5, 5.41) is 0. The predicted molar refractivity (Wildman–Crippen MR) is 86.8 cm³/mol. The van der Waals surface area contributed by atoms with Crippen LogP contribution in [0.5, 0.6) is 0 Å². The average Bonchev–Trinajstić information content (AvgIpc) is 2.42. The maximum atomic E-state index is 6.97. The highest BCUT2D eigenvalue weighted by Gasteiger charge is 2.42. The molecule has 1 aromatic carbocycles. The third-order valence-electron chi connectivity index (χ3n) is 4.65. The van der Waals surface area contributed by atoms with Crippen molar-refractivity contribution < 1.29 is 0 Å². The topological polar surface area (TPSA) is 29.3 Å². The molecular formula is C18H28N2. The van der Waals surface area contributed by atoms with Gasteiger partial charge in [0, 0.05) is 6.04 Å². The van der Waals surface area contributed by atoms with Gasteiger partial charge in [0.1, 0.15) is 0 Å². The molecule has 0 spiro atoms. The average molecular weight is 272 g/mol. The normalized spacial score (nSPS) is 25.6.